The summed E-state index contributed by atoms with van der Waals surface area (Å²) in [7, 11) is 0. The van der Waals surface area contributed by atoms with Crippen LogP contribution in [0.15, 0.2) is 29.3 Å². The van der Waals surface area contributed by atoms with Crippen LogP contribution in [0.1, 0.15) is 40.0 Å². The zero-order valence-corrected chi connectivity index (χ0v) is 21.0. The van der Waals surface area contributed by atoms with Crippen molar-refractivity contribution in [3.8, 4) is 5.75 Å². The van der Waals surface area contributed by atoms with Gasteiger partial charge in [-0.2, -0.15) is 8.78 Å². The first-order valence-electron chi connectivity index (χ1n) is 10.9. The molecule has 6 nitrogen and oxygen atoms in total. The predicted octanol–water partition coefficient (Wildman–Crippen LogP) is 4.08. The number of guanidine groups is 1. The predicted molar refractivity (Wildman–Crippen MR) is 133 cm³/mol. The van der Waals surface area contributed by atoms with E-state index in [0.717, 1.165) is 38.3 Å². The summed E-state index contributed by atoms with van der Waals surface area (Å²) in [5, 5.41) is 16.1. The van der Waals surface area contributed by atoms with Crippen LogP contribution in [0.2, 0.25) is 0 Å². The van der Waals surface area contributed by atoms with E-state index in [1.54, 1.807) is 12.1 Å². The second-order valence-electron chi connectivity index (χ2n) is 8.15. The molecule has 1 aliphatic heterocycles. The van der Waals surface area contributed by atoms with Gasteiger partial charge in [-0.25, -0.2) is 0 Å². The minimum absolute atomic E-state index is 0. The number of rotatable bonds is 11. The summed E-state index contributed by atoms with van der Waals surface area (Å²) < 4.78 is 30.1. The Morgan fingerprint density at radius 2 is 2.06 bits per heavy atom. The summed E-state index contributed by atoms with van der Waals surface area (Å²) in [4.78, 5) is 6.81. The molecule has 31 heavy (non-hydrogen) atoms. The van der Waals surface area contributed by atoms with Crippen LogP contribution in [0, 0.1) is 11.8 Å². The first kappa shape index (κ1) is 27.7. The number of hydrogen-bond acceptors (Lipinski definition) is 4. The number of nitrogens with zero attached hydrogens (tertiary/aromatic N) is 2. The number of aliphatic imine (C=N–C) groups is 1. The maximum absolute atomic E-state index is 12.7. The Morgan fingerprint density at radius 1 is 1.32 bits per heavy atom. The van der Waals surface area contributed by atoms with E-state index in [0.29, 0.717) is 30.6 Å². The Balaban J connectivity index is 0.00000480. The van der Waals surface area contributed by atoms with Gasteiger partial charge in [0.15, 0.2) is 5.96 Å². The molecule has 1 aromatic carbocycles. The van der Waals surface area contributed by atoms with E-state index >= 15 is 0 Å². The smallest absolute Gasteiger partial charge is 0.387 e. The molecular formula is C22H37F2IN4O2. The summed E-state index contributed by atoms with van der Waals surface area (Å²) in [6.07, 6.45) is 2.65. The Kier molecular flexibility index (Phi) is 13.1. The number of alkyl halides is 2. The highest BCUT2D eigenvalue weighted by Gasteiger charge is 2.26. The third kappa shape index (κ3) is 9.76. The third-order valence-corrected chi connectivity index (χ3v) is 5.15. The number of hydrogen-bond donors (Lipinski definition) is 3. The van der Waals surface area contributed by atoms with E-state index in [-0.39, 0.29) is 42.4 Å². The molecule has 0 aliphatic carbocycles. The van der Waals surface area contributed by atoms with Gasteiger partial charge in [0.1, 0.15) is 5.75 Å². The third-order valence-electron chi connectivity index (χ3n) is 5.15. The highest BCUT2D eigenvalue weighted by Crippen LogP contribution is 2.31. The highest BCUT2D eigenvalue weighted by atomic mass is 127. The van der Waals surface area contributed by atoms with Gasteiger partial charge in [-0.1, -0.05) is 26.0 Å². The second kappa shape index (κ2) is 14.7. The molecule has 0 amide bonds. The quantitative estimate of drug-likeness (QED) is 0.219. The summed E-state index contributed by atoms with van der Waals surface area (Å²) in [5.41, 5.74) is 0.684. The summed E-state index contributed by atoms with van der Waals surface area (Å²) >= 11 is 0. The van der Waals surface area contributed by atoms with E-state index in [2.05, 4.69) is 34.1 Å². The Hall–Kier alpha value is -1.36. The van der Waals surface area contributed by atoms with Crippen molar-refractivity contribution in [3.63, 3.8) is 0 Å². The molecule has 1 aliphatic rings. The van der Waals surface area contributed by atoms with Crippen LogP contribution in [0.5, 0.6) is 5.75 Å². The van der Waals surface area contributed by atoms with Crippen molar-refractivity contribution in [2.75, 3.05) is 37.7 Å². The number of nitrogens with one attached hydrogen (secondary N) is 2. The molecule has 1 heterocycles. The van der Waals surface area contributed by atoms with Crippen molar-refractivity contribution in [1.29, 1.82) is 0 Å². The van der Waals surface area contributed by atoms with Crippen LogP contribution in [0.3, 0.4) is 0 Å². The molecule has 1 aromatic rings. The number of aliphatic hydroxyl groups excluding tert-OH is 1. The molecule has 1 fully saturated rings. The van der Waals surface area contributed by atoms with Gasteiger partial charge in [-0.05, 0) is 50.2 Å². The van der Waals surface area contributed by atoms with E-state index < -0.39 is 6.61 Å². The topological polar surface area (TPSA) is 69.1 Å². The van der Waals surface area contributed by atoms with Crippen molar-refractivity contribution < 1.29 is 18.6 Å². The Bertz CT molecular complexity index is 664. The summed E-state index contributed by atoms with van der Waals surface area (Å²) in [5.74, 6) is 1.87. The largest absolute Gasteiger partial charge is 0.433 e. The summed E-state index contributed by atoms with van der Waals surface area (Å²) in [6, 6.07) is 7.07. The van der Waals surface area contributed by atoms with Gasteiger partial charge in [0, 0.05) is 38.8 Å². The lowest BCUT2D eigenvalue weighted by atomic mass is 9.94. The molecule has 0 bridgehead atoms. The van der Waals surface area contributed by atoms with Crippen LogP contribution in [0.4, 0.5) is 14.5 Å². The van der Waals surface area contributed by atoms with Gasteiger partial charge in [0.05, 0.1) is 5.69 Å². The molecule has 3 N–H and O–H groups in total. The molecule has 9 heteroatoms. The first-order valence-corrected chi connectivity index (χ1v) is 10.9. The zero-order valence-electron chi connectivity index (χ0n) is 18.7. The fourth-order valence-electron chi connectivity index (χ4n) is 3.88. The van der Waals surface area contributed by atoms with Gasteiger partial charge >= 0.3 is 6.61 Å². The molecule has 2 rings (SSSR count). The van der Waals surface area contributed by atoms with Crippen LogP contribution in [-0.4, -0.2) is 56.5 Å². The van der Waals surface area contributed by atoms with Crippen LogP contribution >= 0.6 is 24.0 Å². The van der Waals surface area contributed by atoms with Gasteiger partial charge in [0.2, 0.25) is 0 Å². The van der Waals surface area contributed by atoms with Gasteiger partial charge in [-0.15, -0.1) is 24.0 Å². The minimum Gasteiger partial charge on any atom is -0.433 e. The van der Waals surface area contributed by atoms with Crippen molar-refractivity contribution >= 4 is 35.6 Å². The Morgan fingerprint density at radius 3 is 2.71 bits per heavy atom. The molecule has 0 spiro atoms. The number of anilines is 1. The first-order chi connectivity index (χ1) is 14.4. The monoisotopic (exact) mass is 554 g/mol. The maximum Gasteiger partial charge on any atom is 0.387 e. The average Bonchev–Trinajstić information content (AvgIpc) is 3.14. The van der Waals surface area contributed by atoms with Gasteiger partial charge in [-0.3, -0.25) is 4.99 Å². The molecule has 2 unspecified atom stereocenters. The Labute approximate surface area is 201 Å². The fraction of sp³-hybridized carbons (Fsp3) is 0.682. The normalized spacial score (nSPS) is 17.6. The van der Waals surface area contributed by atoms with Crippen molar-refractivity contribution in [2.24, 2.45) is 16.8 Å². The fourth-order valence-corrected chi connectivity index (χ4v) is 3.88. The zero-order chi connectivity index (χ0) is 21.9. The van der Waals surface area contributed by atoms with Crippen LogP contribution in [0.25, 0.3) is 0 Å². The number of halogens is 3. The van der Waals surface area contributed by atoms with Gasteiger partial charge in [0.25, 0.3) is 0 Å². The molecule has 0 saturated carbocycles. The lowest BCUT2D eigenvalue weighted by Crippen LogP contribution is -2.45. The molecule has 178 valence electrons. The second-order valence-corrected chi connectivity index (χ2v) is 8.15. The number of para-hydroxylation sites is 2. The number of benzene rings is 1. The van der Waals surface area contributed by atoms with E-state index in [1.807, 2.05) is 19.1 Å². The van der Waals surface area contributed by atoms with Crippen molar-refractivity contribution in [3.05, 3.63) is 24.3 Å². The molecule has 0 aromatic heterocycles. The molecule has 2 atom stereocenters. The SMILES string of the molecule is CCNC(=NCC(CCO)CC(C)C)NC1CCN(c2ccccc2OC(F)F)C1.I. The van der Waals surface area contributed by atoms with E-state index in [9.17, 15) is 13.9 Å². The lowest BCUT2D eigenvalue weighted by molar-refractivity contribution is -0.0495. The van der Waals surface area contributed by atoms with E-state index in [4.69, 9.17) is 4.99 Å². The number of ether oxygens (including phenoxy) is 1. The molecular weight excluding hydrogens is 517 g/mol. The lowest BCUT2D eigenvalue weighted by Gasteiger charge is -2.23. The average molecular weight is 554 g/mol. The van der Waals surface area contributed by atoms with Crippen molar-refractivity contribution in [1.82, 2.24) is 10.6 Å². The summed E-state index contributed by atoms with van der Waals surface area (Å²) in [6.45, 7) is 6.57. The van der Waals surface area contributed by atoms with Crippen LogP contribution in [-0.2, 0) is 0 Å². The standard InChI is InChI=1S/C22H36F2N4O2.HI/c1-4-25-22(26-14-17(10-12-29)13-16(2)3)27-18-9-11-28(15-18)19-7-5-6-8-20(19)30-21(23)24;/h5-8,16-18,21,29H,4,9-15H2,1-3H3,(H2,25,26,27);1H. The van der Waals surface area contributed by atoms with Crippen molar-refractivity contribution in [2.45, 2.75) is 52.7 Å². The molecule has 1 saturated heterocycles. The highest BCUT2D eigenvalue weighted by molar-refractivity contribution is 14.0. The van der Waals surface area contributed by atoms with Gasteiger partial charge < -0.3 is 25.4 Å². The minimum atomic E-state index is -2.84. The van der Waals surface area contributed by atoms with E-state index in [1.165, 1.54) is 0 Å². The van der Waals surface area contributed by atoms with Crippen LogP contribution < -0.4 is 20.3 Å². The molecule has 0 radical (unpaired) electrons. The number of aliphatic hydroxyl groups is 1. The maximum atomic E-state index is 12.7.